The molecular formula is C50H36N2. The van der Waals surface area contributed by atoms with Gasteiger partial charge in [0.05, 0.1) is 16.7 Å². The molecule has 1 aromatic heterocycles. The molecule has 52 heavy (non-hydrogen) atoms. The molecule has 2 nitrogen and oxygen atoms in total. The van der Waals surface area contributed by atoms with E-state index in [0.717, 1.165) is 29.9 Å². The molecule has 0 atom stereocenters. The Hall–Kier alpha value is -6.64. The summed E-state index contributed by atoms with van der Waals surface area (Å²) in [4.78, 5) is 2.46. The van der Waals surface area contributed by atoms with Crippen molar-refractivity contribution in [2.75, 3.05) is 4.90 Å². The lowest BCUT2D eigenvalue weighted by Crippen LogP contribution is -2.12. The number of aromatic nitrogens is 1. The first kappa shape index (κ1) is 30.2. The monoisotopic (exact) mass is 664 g/mol. The Labute approximate surface area is 303 Å². The summed E-state index contributed by atoms with van der Waals surface area (Å²) >= 11 is 0. The molecule has 0 saturated heterocycles. The predicted molar refractivity (Wildman–Crippen MR) is 222 cm³/mol. The summed E-state index contributed by atoms with van der Waals surface area (Å²) < 4.78 is 2.39. The van der Waals surface area contributed by atoms with E-state index in [1.807, 2.05) is 0 Å². The minimum Gasteiger partial charge on any atom is -0.309 e. The Kier molecular flexibility index (Phi) is 7.32. The van der Waals surface area contributed by atoms with Gasteiger partial charge in [0.1, 0.15) is 0 Å². The Balaban J connectivity index is 1.21. The highest BCUT2D eigenvalue weighted by Crippen LogP contribution is 2.48. The molecule has 9 aromatic rings. The highest BCUT2D eigenvalue weighted by molar-refractivity contribution is 6.22. The molecule has 0 amide bonds. The molecule has 0 saturated carbocycles. The second-order valence-electron chi connectivity index (χ2n) is 13.6. The van der Waals surface area contributed by atoms with Gasteiger partial charge in [0.15, 0.2) is 0 Å². The fraction of sp³-hybridized carbons (Fsp3) is 0.0400. The van der Waals surface area contributed by atoms with Crippen molar-refractivity contribution in [3.63, 3.8) is 0 Å². The van der Waals surface area contributed by atoms with Gasteiger partial charge in [0.25, 0.3) is 0 Å². The average molecular weight is 665 g/mol. The Morgan fingerprint density at radius 2 is 0.904 bits per heavy atom. The molecule has 1 aliphatic rings. The first-order valence-corrected chi connectivity index (χ1v) is 18.2. The van der Waals surface area contributed by atoms with E-state index in [2.05, 4.69) is 204 Å². The molecule has 0 bridgehead atoms. The normalized spacial score (nSPS) is 12.9. The summed E-state index contributed by atoms with van der Waals surface area (Å²) in [6.45, 7) is 0. The third kappa shape index (κ3) is 4.95. The minimum atomic E-state index is 1.09. The lowest BCUT2D eigenvalue weighted by molar-refractivity contribution is 1.04. The molecule has 0 spiro atoms. The standard InChI is InChI=1S/C50H36N2/c1-3-15-35(16-4-1)36-27-29-38(30-28-36)51(39-31-33-40(34-32-39)52-47-25-13-11-19-41(47)42-20-12-14-26-48(42)52)50-45-23-9-7-21-43(45)49(37-17-5-2-6-18-37)44-22-8-10-24-46(44)50/h2-3,5-34H,1,4H2. The largest absolute Gasteiger partial charge is 0.309 e. The molecule has 0 N–H and O–H groups in total. The van der Waals surface area contributed by atoms with Crippen LogP contribution in [0.3, 0.4) is 0 Å². The van der Waals surface area contributed by atoms with Crippen molar-refractivity contribution >= 4 is 66.0 Å². The maximum atomic E-state index is 2.46. The van der Waals surface area contributed by atoms with Gasteiger partial charge in [-0.05, 0) is 94.4 Å². The molecule has 1 aliphatic carbocycles. The first-order chi connectivity index (χ1) is 25.8. The van der Waals surface area contributed by atoms with Crippen LogP contribution >= 0.6 is 0 Å². The number of fused-ring (bicyclic) bond motifs is 5. The smallest absolute Gasteiger partial charge is 0.0618 e. The van der Waals surface area contributed by atoms with Gasteiger partial charge < -0.3 is 9.47 Å². The molecule has 246 valence electrons. The highest BCUT2D eigenvalue weighted by Gasteiger charge is 2.22. The molecule has 10 rings (SSSR count). The zero-order valence-corrected chi connectivity index (χ0v) is 28.8. The predicted octanol–water partition coefficient (Wildman–Crippen LogP) is 14.0. The lowest BCUT2D eigenvalue weighted by Gasteiger charge is -2.30. The molecule has 0 fully saturated rings. The fourth-order valence-electron chi connectivity index (χ4n) is 8.25. The number of allylic oxidation sites excluding steroid dienone is 4. The quantitative estimate of drug-likeness (QED) is 0.161. The van der Waals surface area contributed by atoms with E-state index in [9.17, 15) is 0 Å². The third-order valence-electron chi connectivity index (χ3n) is 10.6. The van der Waals surface area contributed by atoms with Crippen LogP contribution < -0.4 is 4.90 Å². The van der Waals surface area contributed by atoms with E-state index in [4.69, 9.17) is 0 Å². The Morgan fingerprint density at radius 1 is 0.404 bits per heavy atom. The van der Waals surface area contributed by atoms with Crippen LogP contribution in [0, 0.1) is 0 Å². The van der Waals surface area contributed by atoms with Crippen molar-refractivity contribution in [1.29, 1.82) is 0 Å². The van der Waals surface area contributed by atoms with Gasteiger partial charge in [0, 0.05) is 38.6 Å². The van der Waals surface area contributed by atoms with Crippen molar-refractivity contribution in [1.82, 2.24) is 4.57 Å². The van der Waals surface area contributed by atoms with Crippen LogP contribution in [-0.4, -0.2) is 4.57 Å². The number of nitrogens with zero attached hydrogens (tertiary/aromatic N) is 2. The lowest BCUT2D eigenvalue weighted by atomic mass is 9.90. The molecule has 1 heterocycles. The van der Waals surface area contributed by atoms with Crippen molar-refractivity contribution in [3.8, 4) is 16.8 Å². The molecule has 0 unspecified atom stereocenters. The van der Waals surface area contributed by atoms with Gasteiger partial charge in [-0.3, -0.25) is 0 Å². The first-order valence-electron chi connectivity index (χ1n) is 18.2. The number of hydrogen-bond acceptors (Lipinski definition) is 1. The zero-order chi connectivity index (χ0) is 34.4. The van der Waals surface area contributed by atoms with Crippen molar-refractivity contribution < 1.29 is 0 Å². The topological polar surface area (TPSA) is 8.17 Å². The Morgan fingerprint density at radius 3 is 1.46 bits per heavy atom. The van der Waals surface area contributed by atoms with Crippen molar-refractivity contribution in [2.24, 2.45) is 0 Å². The van der Waals surface area contributed by atoms with E-state index in [-0.39, 0.29) is 0 Å². The summed E-state index contributed by atoms with van der Waals surface area (Å²) in [6.07, 6.45) is 9.08. The van der Waals surface area contributed by atoms with Gasteiger partial charge in [-0.1, -0.05) is 146 Å². The van der Waals surface area contributed by atoms with E-state index in [1.165, 1.54) is 71.3 Å². The van der Waals surface area contributed by atoms with Crippen molar-refractivity contribution in [3.05, 3.63) is 200 Å². The maximum absolute atomic E-state index is 2.46. The molecule has 2 heteroatoms. The van der Waals surface area contributed by atoms with Crippen LogP contribution in [0.25, 0.3) is 65.7 Å². The second-order valence-corrected chi connectivity index (χ2v) is 13.6. The SMILES string of the molecule is C1=CC(c2ccc(N(c3ccc(-n4c5ccccc5c5ccccc54)cc3)c3c4ccccc4c(-c4ccccc4)c4ccccc34)cc2)=CCC1. The number of benzene rings is 8. The zero-order valence-electron chi connectivity index (χ0n) is 28.8. The molecular weight excluding hydrogens is 629 g/mol. The van der Waals surface area contributed by atoms with Crippen LogP contribution in [-0.2, 0) is 0 Å². The highest BCUT2D eigenvalue weighted by atomic mass is 15.1. The number of hydrogen-bond donors (Lipinski definition) is 0. The number of rotatable bonds is 6. The van der Waals surface area contributed by atoms with E-state index in [1.54, 1.807) is 0 Å². The van der Waals surface area contributed by atoms with E-state index >= 15 is 0 Å². The summed E-state index contributed by atoms with van der Waals surface area (Å²) in [7, 11) is 0. The van der Waals surface area contributed by atoms with E-state index in [0.29, 0.717) is 0 Å². The van der Waals surface area contributed by atoms with Crippen molar-refractivity contribution in [2.45, 2.75) is 12.8 Å². The Bertz CT molecular complexity index is 2710. The maximum Gasteiger partial charge on any atom is 0.0618 e. The summed E-state index contributed by atoms with van der Waals surface area (Å²) in [6, 6.07) is 64.3. The van der Waals surface area contributed by atoms with Crippen LogP contribution in [0.5, 0.6) is 0 Å². The van der Waals surface area contributed by atoms with Gasteiger partial charge in [-0.2, -0.15) is 0 Å². The van der Waals surface area contributed by atoms with Crippen LogP contribution in [0.4, 0.5) is 17.1 Å². The molecule has 0 radical (unpaired) electrons. The fourth-order valence-corrected chi connectivity index (χ4v) is 8.25. The van der Waals surface area contributed by atoms with Gasteiger partial charge in [-0.15, -0.1) is 0 Å². The average Bonchev–Trinajstić information content (AvgIpc) is 3.56. The third-order valence-corrected chi connectivity index (χ3v) is 10.6. The minimum absolute atomic E-state index is 1.09. The summed E-state index contributed by atoms with van der Waals surface area (Å²) in [5, 5.41) is 7.44. The van der Waals surface area contributed by atoms with Crippen LogP contribution in [0.15, 0.2) is 194 Å². The van der Waals surface area contributed by atoms with Crippen LogP contribution in [0.2, 0.25) is 0 Å². The number of anilines is 3. The van der Waals surface area contributed by atoms with Gasteiger partial charge in [0.2, 0.25) is 0 Å². The number of para-hydroxylation sites is 2. The van der Waals surface area contributed by atoms with E-state index < -0.39 is 0 Å². The van der Waals surface area contributed by atoms with Gasteiger partial charge >= 0.3 is 0 Å². The molecule has 8 aromatic carbocycles. The van der Waals surface area contributed by atoms with Gasteiger partial charge in [-0.25, -0.2) is 0 Å². The summed E-state index contributed by atoms with van der Waals surface area (Å²) in [5.74, 6) is 0. The second kappa shape index (κ2) is 12.6. The molecule has 0 aliphatic heterocycles. The van der Waals surface area contributed by atoms with Crippen LogP contribution in [0.1, 0.15) is 18.4 Å². The summed E-state index contributed by atoms with van der Waals surface area (Å²) in [5.41, 5.74) is 12.0.